The molecule has 0 amide bonds. The lowest BCUT2D eigenvalue weighted by Gasteiger charge is -2.09. The van der Waals surface area contributed by atoms with Gasteiger partial charge < -0.3 is 10.5 Å². The van der Waals surface area contributed by atoms with Crippen LogP contribution in [0.4, 0.5) is 18.9 Å². The molecule has 2 N–H and O–H groups in total. The highest BCUT2D eigenvalue weighted by molar-refractivity contribution is 5.49. The number of pyridine rings is 1. The monoisotopic (exact) mass is 206 g/mol. The molecule has 0 aliphatic heterocycles. The van der Waals surface area contributed by atoms with Crippen LogP contribution in [-0.2, 0) is 6.18 Å². The molecule has 0 fully saturated rings. The smallest absolute Gasteiger partial charge is 0.417 e. The summed E-state index contributed by atoms with van der Waals surface area (Å²) < 4.78 is 41.3. The van der Waals surface area contributed by atoms with Gasteiger partial charge >= 0.3 is 6.18 Å². The molecule has 0 bridgehead atoms. The summed E-state index contributed by atoms with van der Waals surface area (Å²) in [6, 6.07) is 0.804. The average molecular weight is 206 g/mol. The van der Waals surface area contributed by atoms with Crippen LogP contribution in [0.2, 0.25) is 0 Å². The Balaban J connectivity index is 3.01. The number of anilines is 1. The zero-order chi connectivity index (χ0) is 10.8. The lowest BCUT2D eigenvalue weighted by Crippen LogP contribution is -2.08. The molecule has 0 atom stereocenters. The minimum absolute atomic E-state index is 0.0282. The van der Waals surface area contributed by atoms with Crippen LogP contribution in [0.3, 0.4) is 0 Å². The average Bonchev–Trinajstić information content (AvgIpc) is 2.07. The summed E-state index contributed by atoms with van der Waals surface area (Å²) >= 11 is 0. The van der Waals surface area contributed by atoms with Gasteiger partial charge in [-0.15, -0.1) is 0 Å². The van der Waals surface area contributed by atoms with Crippen LogP contribution in [0.25, 0.3) is 0 Å². The maximum absolute atomic E-state index is 12.1. The first-order valence-corrected chi connectivity index (χ1v) is 3.90. The van der Waals surface area contributed by atoms with E-state index in [1.807, 2.05) is 0 Å². The molecule has 78 valence electrons. The van der Waals surface area contributed by atoms with Crippen LogP contribution in [0, 0.1) is 0 Å². The van der Waals surface area contributed by atoms with E-state index in [4.69, 9.17) is 10.5 Å². The Hall–Kier alpha value is -1.46. The van der Waals surface area contributed by atoms with Crippen molar-refractivity contribution >= 4 is 5.69 Å². The third-order valence-corrected chi connectivity index (χ3v) is 1.49. The molecule has 3 nitrogen and oxygen atoms in total. The molecule has 6 heteroatoms. The molecule has 1 rings (SSSR count). The normalized spacial score (nSPS) is 11.4. The zero-order valence-corrected chi connectivity index (χ0v) is 7.43. The Labute approximate surface area is 78.7 Å². The van der Waals surface area contributed by atoms with Crippen molar-refractivity contribution in [2.45, 2.75) is 13.1 Å². The minimum Gasteiger partial charge on any atom is -0.477 e. The van der Waals surface area contributed by atoms with Gasteiger partial charge in [0.1, 0.15) is 0 Å². The molecule has 0 unspecified atom stereocenters. The molecular formula is C8H9F3N2O. The molecule has 0 spiro atoms. The largest absolute Gasteiger partial charge is 0.477 e. The first kappa shape index (κ1) is 10.6. The van der Waals surface area contributed by atoms with Gasteiger partial charge in [-0.1, -0.05) is 0 Å². The second-order valence-corrected chi connectivity index (χ2v) is 2.55. The summed E-state index contributed by atoms with van der Waals surface area (Å²) in [6.07, 6.45) is -3.73. The first-order chi connectivity index (χ1) is 6.45. The molecule has 0 radical (unpaired) electrons. The van der Waals surface area contributed by atoms with Crippen LogP contribution in [-0.4, -0.2) is 11.6 Å². The number of hydrogen-bond acceptors (Lipinski definition) is 3. The van der Waals surface area contributed by atoms with E-state index >= 15 is 0 Å². The molecule has 0 aliphatic rings. The second kappa shape index (κ2) is 3.73. The van der Waals surface area contributed by atoms with E-state index < -0.39 is 11.7 Å². The molecule has 1 heterocycles. The number of alkyl halides is 3. The van der Waals surface area contributed by atoms with Crippen LogP contribution in [0.1, 0.15) is 12.5 Å². The SMILES string of the molecule is CCOc1ncc(C(F)(F)F)cc1N. The lowest BCUT2D eigenvalue weighted by molar-refractivity contribution is -0.137. The quantitative estimate of drug-likeness (QED) is 0.805. The zero-order valence-electron chi connectivity index (χ0n) is 7.43. The summed E-state index contributed by atoms with van der Waals surface area (Å²) in [4.78, 5) is 3.47. The van der Waals surface area contributed by atoms with Crippen molar-refractivity contribution in [2.75, 3.05) is 12.3 Å². The number of aromatic nitrogens is 1. The van der Waals surface area contributed by atoms with Crippen molar-refractivity contribution < 1.29 is 17.9 Å². The fraction of sp³-hybridized carbons (Fsp3) is 0.375. The van der Waals surface area contributed by atoms with Crippen LogP contribution in [0.15, 0.2) is 12.3 Å². The van der Waals surface area contributed by atoms with E-state index in [-0.39, 0.29) is 11.6 Å². The molecule has 0 aromatic carbocycles. The molecule has 1 aromatic rings. The van der Waals surface area contributed by atoms with Crippen LogP contribution < -0.4 is 10.5 Å². The number of nitrogens with zero attached hydrogens (tertiary/aromatic N) is 1. The predicted octanol–water partition coefficient (Wildman–Crippen LogP) is 2.08. The fourth-order valence-corrected chi connectivity index (χ4v) is 0.882. The molecule has 0 saturated heterocycles. The molecule has 1 aromatic heterocycles. The summed E-state index contributed by atoms with van der Waals surface area (Å²) in [5.41, 5.74) is 4.33. The van der Waals surface area contributed by atoms with Gasteiger partial charge in [-0.2, -0.15) is 13.2 Å². The third-order valence-electron chi connectivity index (χ3n) is 1.49. The number of ether oxygens (including phenoxy) is 1. The highest BCUT2D eigenvalue weighted by Gasteiger charge is 2.31. The topological polar surface area (TPSA) is 48.1 Å². The van der Waals surface area contributed by atoms with E-state index in [0.29, 0.717) is 12.8 Å². The summed E-state index contributed by atoms with van der Waals surface area (Å²) in [5.74, 6) is 0.0282. The van der Waals surface area contributed by atoms with E-state index in [2.05, 4.69) is 4.98 Å². The van der Waals surface area contributed by atoms with Crippen molar-refractivity contribution in [3.63, 3.8) is 0 Å². The number of nitrogens with two attached hydrogens (primary N) is 1. The molecular weight excluding hydrogens is 197 g/mol. The minimum atomic E-state index is -4.42. The van der Waals surface area contributed by atoms with E-state index in [9.17, 15) is 13.2 Å². The highest BCUT2D eigenvalue weighted by Crippen LogP contribution is 2.31. The number of nitrogen functional groups attached to an aromatic ring is 1. The third kappa shape index (κ3) is 2.27. The number of hydrogen-bond donors (Lipinski definition) is 1. The van der Waals surface area contributed by atoms with Crippen molar-refractivity contribution in [3.05, 3.63) is 17.8 Å². The number of halogens is 3. The Bertz CT molecular complexity index is 325. The van der Waals surface area contributed by atoms with E-state index in [1.54, 1.807) is 6.92 Å². The van der Waals surface area contributed by atoms with Gasteiger partial charge in [0.15, 0.2) is 0 Å². The molecule has 0 aliphatic carbocycles. The second-order valence-electron chi connectivity index (χ2n) is 2.55. The van der Waals surface area contributed by atoms with Gasteiger partial charge in [0, 0.05) is 6.20 Å². The Morgan fingerprint density at radius 2 is 2.14 bits per heavy atom. The fourth-order valence-electron chi connectivity index (χ4n) is 0.882. The highest BCUT2D eigenvalue weighted by atomic mass is 19.4. The summed E-state index contributed by atoms with van der Waals surface area (Å²) in [5, 5.41) is 0. The van der Waals surface area contributed by atoms with Crippen molar-refractivity contribution in [3.8, 4) is 5.88 Å². The van der Waals surface area contributed by atoms with Gasteiger partial charge in [-0.3, -0.25) is 0 Å². The standard InChI is InChI=1S/C8H9F3N2O/c1-2-14-7-6(12)3-5(4-13-7)8(9,10)11/h3-4H,2,12H2,1H3. The van der Waals surface area contributed by atoms with Gasteiger partial charge in [-0.25, -0.2) is 4.98 Å². The van der Waals surface area contributed by atoms with E-state index in [1.165, 1.54) is 0 Å². The Morgan fingerprint density at radius 3 is 2.57 bits per heavy atom. The molecule has 14 heavy (non-hydrogen) atoms. The number of rotatable bonds is 2. The summed E-state index contributed by atoms with van der Waals surface area (Å²) in [7, 11) is 0. The maximum atomic E-state index is 12.1. The summed E-state index contributed by atoms with van der Waals surface area (Å²) in [6.45, 7) is 2.00. The first-order valence-electron chi connectivity index (χ1n) is 3.90. The van der Waals surface area contributed by atoms with Crippen molar-refractivity contribution in [1.82, 2.24) is 4.98 Å². The molecule has 0 saturated carbocycles. The van der Waals surface area contributed by atoms with Gasteiger partial charge in [0.05, 0.1) is 17.9 Å². The van der Waals surface area contributed by atoms with Gasteiger partial charge in [0.2, 0.25) is 5.88 Å². The Morgan fingerprint density at radius 1 is 1.50 bits per heavy atom. The van der Waals surface area contributed by atoms with Crippen LogP contribution in [0.5, 0.6) is 5.88 Å². The lowest BCUT2D eigenvalue weighted by atomic mass is 10.2. The predicted molar refractivity (Wildman–Crippen MR) is 44.8 cm³/mol. The van der Waals surface area contributed by atoms with Crippen LogP contribution >= 0.6 is 0 Å². The van der Waals surface area contributed by atoms with Crippen molar-refractivity contribution in [1.29, 1.82) is 0 Å². The maximum Gasteiger partial charge on any atom is 0.417 e. The Kier molecular flexibility index (Phi) is 2.83. The van der Waals surface area contributed by atoms with Gasteiger partial charge in [-0.05, 0) is 13.0 Å². The van der Waals surface area contributed by atoms with Crippen molar-refractivity contribution in [2.24, 2.45) is 0 Å². The van der Waals surface area contributed by atoms with Gasteiger partial charge in [0.25, 0.3) is 0 Å². The van der Waals surface area contributed by atoms with E-state index in [0.717, 1.165) is 6.07 Å².